The summed E-state index contributed by atoms with van der Waals surface area (Å²) in [6, 6.07) is 4.85. The van der Waals surface area contributed by atoms with Crippen LogP contribution in [0.1, 0.15) is 5.56 Å². The Morgan fingerprint density at radius 1 is 1.22 bits per heavy atom. The van der Waals surface area contributed by atoms with Gasteiger partial charge < -0.3 is 14.2 Å². The van der Waals surface area contributed by atoms with Crippen molar-refractivity contribution in [3.8, 4) is 0 Å². The van der Waals surface area contributed by atoms with Gasteiger partial charge >= 0.3 is 5.63 Å². The predicted molar refractivity (Wildman–Crippen MR) is 66.7 cm³/mol. The van der Waals surface area contributed by atoms with Crippen LogP contribution < -0.4 is 10.9 Å². The Balaban J connectivity index is 2.55. The molecular formula is C13H9NO4. The number of anilines is 1. The monoisotopic (exact) mass is 243 g/mol. The van der Waals surface area contributed by atoms with Crippen molar-refractivity contribution in [3.63, 3.8) is 0 Å². The highest BCUT2D eigenvalue weighted by molar-refractivity contribution is 6.09. The maximum atomic E-state index is 11.4. The van der Waals surface area contributed by atoms with Crippen molar-refractivity contribution in [2.24, 2.45) is 0 Å². The Hall–Kier alpha value is -2.56. The molecule has 0 radical (unpaired) electrons. The summed E-state index contributed by atoms with van der Waals surface area (Å²) in [6.45, 7) is 1.82. The highest BCUT2D eigenvalue weighted by atomic mass is 16.4. The lowest BCUT2D eigenvalue weighted by Crippen LogP contribution is -2.00. The summed E-state index contributed by atoms with van der Waals surface area (Å²) >= 11 is 0. The van der Waals surface area contributed by atoms with Crippen molar-refractivity contribution in [1.29, 1.82) is 0 Å². The van der Waals surface area contributed by atoms with Crippen molar-refractivity contribution in [3.05, 3.63) is 40.4 Å². The van der Waals surface area contributed by atoms with Crippen molar-refractivity contribution >= 4 is 34.0 Å². The molecule has 0 saturated heterocycles. The van der Waals surface area contributed by atoms with Gasteiger partial charge in [-0.05, 0) is 24.6 Å². The summed E-state index contributed by atoms with van der Waals surface area (Å²) in [5, 5.41) is 4.01. The summed E-state index contributed by atoms with van der Waals surface area (Å²) in [6.07, 6.45) is 2.07. The lowest BCUT2D eigenvalue weighted by atomic mass is 10.1. The Kier molecular flexibility index (Phi) is 2.19. The van der Waals surface area contributed by atoms with Gasteiger partial charge in [0.25, 0.3) is 0 Å². The molecule has 1 aromatic carbocycles. The summed E-state index contributed by atoms with van der Waals surface area (Å²) in [7, 11) is 0. The molecule has 5 nitrogen and oxygen atoms in total. The molecule has 0 aliphatic carbocycles. The Bertz CT molecular complexity index is 813. The van der Waals surface area contributed by atoms with Gasteiger partial charge in [0, 0.05) is 11.5 Å². The molecule has 3 aromatic rings. The lowest BCUT2D eigenvalue weighted by Gasteiger charge is -2.05. The fraction of sp³-hybridized carbons (Fsp3) is 0.0769. The predicted octanol–water partition coefficient (Wildman–Crippen LogP) is 2.42. The molecule has 0 atom stereocenters. The van der Waals surface area contributed by atoms with Crippen LogP contribution >= 0.6 is 0 Å². The van der Waals surface area contributed by atoms with Gasteiger partial charge in [0.2, 0.25) is 6.41 Å². The minimum Gasteiger partial charge on any atom is -0.462 e. The van der Waals surface area contributed by atoms with E-state index in [0.29, 0.717) is 28.6 Å². The topological polar surface area (TPSA) is 72.5 Å². The van der Waals surface area contributed by atoms with E-state index in [1.54, 1.807) is 12.1 Å². The van der Waals surface area contributed by atoms with Gasteiger partial charge in [-0.2, -0.15) is 0 Å². The maximum Gasteiger partial charge on any atom is 0.336 e. The molecule has 0 bridgehead atoms. The van der Waals surface area contributed by atoms with Gasteiger partial charge in [-0.3, -0.25) is 4.79 Å². The average molecular weight is 243 g/mol. The largest absolute Gasteiger partial charge is 0.462 e. The first-order valence-electron chi connectivity index (χ1n) is 5.35. The number of carbonyl (C=O) groups is 1. The van der Waals surface area contributed by atoms with E-state index in [1.165, 1.54) is 12.3 Å². The fourth-order valence-electron chi connectivity index (χ4n) is 2.08. The number of hydrogen-bond donors (Lipinski definition) is 1. The molecule has 0 aliphatic rings. The third-order valence-corrected chi connectivity index (χ3v) is 2.86. The second kappa shape index (κ2) is 3.73. The SMILES string of the molecule is Cc1cc(=O)oc2c1cc(NC=O)c1occc12. The van der Waals surface area contributed by atoms with Crippen LogP contribution in [-0.4, -0.2) is 6.41 Å². The first-order chi connectivity index (χ1) is 8.70. The number of furan rings is 1. The van der Waals surface area contributed by atoms with Gasteiger partial charge in [-0.1, -0.05) is 0 Å². The van der Waals surface area contributed by atoms with E-state index in [9.17, 15) is 9.59 Å². The molecule has 0 spiro atoms. The molecule has 90 valence electrons. The van der Waals surface area contributed by atoms with E-state index in [0.717, 1.165) is 10.9 Å². The minimum absolute atomic E-state index is 0.404. The Morgan fingerprint density at radius 3 is 2.83 bits per heavy atom. The van der Waals surface area contributed by atoms with Crippen LogP contribution in [-0.2, 0) is 4.79 Å². The zero-order chi connectivity index (χ0) is 12.7. The molecule has 5 heteroatoms. The van der Waals surface area contributed by atoms with Crippen LogP contribution in [0.25, 0.3) is 21.9 Å². The molecule has 1 amide bonds. The Labute approximate surface area is 101 Å². The smallest absolute Gasteiger partial charge is 0.336 e. The maximum absolute atomic E-state index is 11.4. The summed E-state index contributed by atoms with van der Waals surface area (Å²) in [5.74, 6) is 0. The van der Waals surface area contributed by atoms with Crippen LogP contribution in [0, 0.1) is 6.92 Å². The van der Waals surface area contributed by atoms with Gasteiger partial charge in [0.05, 0.1) is 17.3 Å². The van der Waals surface area contributed by atoms with Crippen LogP contribution in [0.4, 0.5) is 5.69 Å². The molecule has 18 heavy (non-hydrogen) atoms. The Morgan fingerprint density at radius 2 is 2.06 bits per heavy atom. The lowest BCUT2D eigenvalue weighted by molar-refractivity contribution is -0.105. The van der Waals surface area contributed by atoms with E-state index in [-0.39, 0.29) is 0 Å². The second-order valence-electron chi connectivity index (χ2n) is 3.97. The zero-order valence-corrected chi connectivity index (χ0v) is 9.52. The van der Waals surface area contributed by atoms with Crippen LogP contribution in [0.15, 0.2) is 38.1 Å². The van der Waals surface area contributed by atoms with Crippen molar-refractivity contribution in [1.82, 2.24) is 0 Å². The summed E-state index contributed by atoms with van der Waals surface area (Å²) in [4.78, 5) is 22.0. The molecule has 1 N–H and O–H groups in total. The van der Waals surface area contributed by atoms with Gasteiger partial charge in [0.1, 0.15) is 5.58 Å². The highest BCUT2D eigenvalue weighted by Gasteiger charge is 2.13. The van der Waals surface area contributed by atoms with E-state index in [1.807, 2.05) is 6.92 Å². The minimum atomic E-state index is -0.404. The van der Waals surface area contributed by atoms with E-state index in [2.05, 4.69) is 5.32 Å². The number of rotatable bonds is 2. The average Bonchev–Trinajstić information content (AvgIpc) is 2.80. The molecule has 0 unspecified atom stereocenters. The molecule has 0 fully saturated rings. The summed E-state index contributed by atoms with van der Waals surface area (Å²) < 4.78 is 10.5. The van der Waals surface area contributed by atoms with Gasteiger partial charge in [-0.15, -0.1) is 0 Å². The van der Waals surface area contributed by atoms with Crippen molar-refractivity contribution < 1.29 is 13.6 Å². The molecule has 3 rings (SSSR count). The molecular weight excluding hydrogens is 234 g/mol. The van der Waals surface area contributed by atoms with Crippen molar-refractivity contribution in [2.45, 2.75) is 6.92 Å². The third-order valence-electron chi connectivity index (χ3n) is 2.86. The van der Waals surface area contributed by atoms with Crippen LogP contribution in [0.3, 0.4) is 0 Å². The highest BCUT2D eigenvalue weighted by Crippen LogP contribution is 2.33. The van der Waals surface area contributed by atoms with Crippen LogP contribution in [0.5, 0.6) is 0 Å². The quantitative estimate of drug-likeness (QED) is 0.554. The number of benzene rings is 1. The number of fused-ring (bicyclic) bond motifs is 3. The first kappa shape index (κ1) is 10.6. The number of aryl methyl sites for hydroxylation is 1. The van der Waals surface area contributed by atoms with Gasteiger partial charge in [0.15, 0.2) is 5.58 Å². The molecule has 2 aromatic heterocycles. The number of nitrogens with one attached hydrogen (secondary N) is 1. The van der Waals surface area contributed by atoms with Crippen molar-refractivity contribution in [2.75, 3.05) is 5.32 Å². The standard InChI is InChI=1S/C13H9NO4/c1-7-4-11(16)18-12-8-2-3-17-13(8)10(14-6-15)5-9(7)12/h2-6H,1H3,(H,14,15). The van der Waals surface area contributed by atoms with E-state index in [4.69, 9.17) is 8.83 Å². The third kappa shape index (κ3) is 1.41. The van der Waals surface area contributed by atoms with Crippen LogP contribution in [0.2, 0.25) is 0 Å². The van der Waals surface area contributed by atoms with Gasteiger partial charge in [-0.25, -0.2) is 4.79 Å². The number of amides is 1. The number of hydrogen-bond acceptors (Lipinski definition) is 4. The summed E-state index contributed by atoms with van der Waals surface area (Å²) in [5.41, 5.74) is 1.90. The second-order valence-corrected chi connectivity index (χ2v) is 3.97. The first-order valence-corrected chi connectivity index (χ1v) is 5.35. The van der Waals surface area contributed by atoms with E-state index < -0.39 is 5.63 Å². The van der Waals surface area contributed by atoms with E-state index >= 15 is 0 Å². The fourth-order valence-corrected chi connectivity index (χ4v) is 2.08. The molecule has 0 aliphatic heterocycles. The number of carbonyl (C=O) groups excluding carboxylic acids is 1. The zero-order valence-electron chi connectivity index (χ0n) is 9.52. The molecule has 0 saturated carbocycles. The molecule has 2 heterocycles. The normalized spacial score (nSPS) is 10.9.